The standard InChI is InChI=1S/C20H30O3/c1-12(21)23-17(4-3-7-22-2)10-15-9-16-11-18(15)20-14-6-5-13(8-14)19(16)20/h5-6,13-20H,3-4,7-11H2,1-2H3. The summed E-state index contributed by atoms with van der Waals surface area (Å²) in [6.07, 6.45) is 12.4. The molecular weight excluding hydrogens is 288 g/mol. The molecule has 0 radical (unpaired) electrons. The number of carbonyl (C=O) groups is 1. The molecule has 4 aliphatic carbocycles. The van der Waals surface area contributed by atoms with Gasteiger partial charge in [-0.2, -0.15) is 0 Å². The largest absolute Gasteiger partial charge is 0.463 e. The summed E-state index contributed by atoms with van der Waals surface area (Å²) in [6, 6.07) is 0. The minimum absolute atomic E-state index is 0.0968. The van der Waals surface area contributed by atoms with Gasteiger partial charge in [0.2, 0.25) is 0 Å². The lowest BCUT2D eigenvalue weighted by Crippen LogP contribution is -2.33. The van der Waals surface area contributed by atoms with Gasteiger partial charge in [-0.25, -0.2) is 0 Å². The van der Waals surface area contributed by atoms with Crippen LogP contribution < -0.4 is 0 Å². The van der Waals surface area contributed by atoms with Gasteiger partial charge in [0, 0.05) is 20.6 Å². The molecule has 128 valence electrons. The number of allylic oxidation sites excluding steroid dienone is 2. The molecule has 3 fully saturated rings. The Balaban J connectivity index is 1.38. The fourth-order valence-electron chi connectivity index (χ4n) is 6.68. The first-order valence-electron chi connectivity index (χ1n) is 9.52. The van der Waals surface area contributed by atoms with Crippen LogP contribution in [0.1, 0.15) is 45.4 Å². The van der Waals surface area contributed by atoms with Crippen molar-refractivity contribution in [1.29, 1.82) is 0 Å². The number of esters is 1. The van der Waals surface area contributed by atoms with E-state index >= 15 is 0 Å². The van der Waals surface area contributed by atoms with Crippen molar-refractivity contribution in [2.75, 3.05) is 13.7 Å². The summed E-state index contributed by atoms with van der Waals surface area (Å²) >= 11 is 0. The molecule has 3 heteroatoms. The Morgan fingerprint density at radius 2 is 1.96 bits per heavy atom. The summed E-state index contributed by atoms with van der Waals surface area (Å²) in [5.41, 5.74) is 0. The Hall–Kier alpha value is -0.830. The molecule has 0 spiro atoms. The van der Waals surface area contributed by atoms with Crippen LogP contribution in [0.4, 0.5) is 0 Å². The smallest absolute Gasteiger partial charge is 0.302 e. The Bertz CT molecular complexity index is 485. The molecule has 0 amide bonds. The van der Waals surface area contributed by atoms with Crippen molar-refractivity contribution in [3.8, 4) is 0 Å². The van der Waals surface area contributed by atoms with E-state index in [1.807, 2.05) is 0 Å². The molecule has 0 saturated heterocycles. The van der Waals surface area contributed by atoms with E-state index in [1.54, 1.807) is 14.0 Å². The lowest BCUT2D eigenvalue weighted by atomic mass is 9.68. The minimum Gasteiger partial charge on any atom is -0.463 e. The number of methoxy groups -OCH3 is 1. The zero-order valence-corrected chi connectivity index (χ0v) is 14.4. The monoisotopic (exact) mass is 318 g/mol. The van der Waals surface area contributed by atoms with Crippen LogP contribution in [0.15, 0.2) is 12.2 Å². The van der Waals surface area contributed by atoms with Crippen LogP contribution in [0, 0.1) is 41.4 Å². The van der Waals surface area contributed by atoms with Crippen LogP contribution in [-0.4, -0.2) is 25.8 Å². The number of hydrogen-bond acceptors (Lipinski definition) is 3. The Kier molecular flexibility index (Phi) is 4.25. The Labute approximate surface area is 139 Å². The van der Waals surface area contributed by atoms with Gasteiger partial charge in [-0.05, 0) is 80.0 Å². The summed E-state index contributed by atoms with van der Waals surface area (Å²) in [5, 5.41) is 0. The minimum atomic E-state index is -0.128. The third-order valence-corrected chi connectivity index (χ3v) is 7.18. The van der Waals surface area contributed by atoms with Crippen molar-refractivity contribution in [2.24, 2.45) is 41.4 Å². The van der Waals surface area contributed by atoms with Gasteiger partial charge in [0.25, 0.3) is 0 Å². The molecule has 4 aliphatic rings. The predicted molar refractivity (Wildman–Crippen MR) is 88.7 cm³/mol. The molecule has 4 bridgehead atoms. The van der Waals surface area contributed by atoms with E-state index in [-0.39, 0.29) is 12.1 Å². The number of hydrogen-bond donors (Lipinski definition) is 0. The van der Waals surface area contributed by atoms with Gasteiger partial charge >= 0.3 is 5.97 Å². The quantitative estimate of drug-likeness (QED) is 0.310. The van der Waals surface area contributed by atoms with Gasteiger partial charge in [0.1, 0.15) is 6.10 Å². The van der Waals surface area contributed by atoms with Crippen molar-refractivity contribution in [3.05, 3.63) is 12.2 Å². The van der Waals surface area contributed by atoms with Gasteiger partial charge in [0.15, 0.2) is 0 Å². The van der Waals surface area contributed by atoms with E-state index in [1.165, 1.54) is 19.3 Å². The molecular formula is C20H30O3. The van der Waals surface area contributed by atoms with E-state index in [0.717, 1.165) is 67.3 Å². The first-order valence-corrected chi connectivity index (χ1v) is 9.52. The lowest BCUT2D eigenvalue weighted by molar-refractivity contribution is -0.148. The fourth-order valence-corrected chi connectivity index (χ4v) is 6.68. The predicted octanol–water partition coefficient (Wildman–Crippen LogP) is 3.83. The van der Waals surface area contributed by atoms with Crippen LogP contribution >= 0.6 is 0 Å². The van der Waals surface area contributed by atoms with Crippen LogP contribution in [-0.2, 0) is 14.3 Å². The van der Waals surface area contributed by atoms with Gasteiger partial charge in [-0.3, -0.25) is 4.79 Å². The summed E-state index contributed by atoms with van der Waals surface area (Å²) in [7, 11) is 1.74. The number of fused-ring (bicyclic) bond motifs is 9. The highest BCUT2D eigenvalue weighted by molar-refractivity contribution is 5.66. The van der Waals surface area contributed by atoms with Crippen molar-refractivity contribution >= 4 is 5.97 Å². The maximum Gasteiger partial charge on any atom is 0.302 e. The van der Waals surface area contributed by atoms with Gasteiger partial charge in [-0.1, -0.05) is 12.2 Å². The van der Waals surface area contributed by atoms with Gasteiger partial charge < -0.3 is 9.47 Å². The molecule has 8 atom stereocenters. The SMILES string of the molecule is COCCCC(CC1CC2CC1C1C3C=CC(C3)C21)OC(C)=O. The molecule has 0 heterocycles. The fraction of sp³-hybridized carbons (Fsp3) is 0.850. The average Bonchev–Trinajstić information content (AvgIpc) is 3.25. The summed E-state index contributed by atoms with van der Waals surface area (Å²) in [6.45, 7) is 2.30. The molecule has 0 aromatic heterocycles. The summed E-state index contributed by atoms with van der Waals surface area (Å²) < 4.78 is 10.8. The highest BCUT2D eigenvalue weighted by Gasteiger charge is 2.60. The van der Waals surface area contributed by atoms with Crippen LogP contribution in [0.2, 0.25) is 0 Å². The zero-order valence-electron chi connectivity index (χ0n) is 14.4. The third kappa shape index (κ3) is 2.75. The first-order chi connectivity index (χ1) is 11.2. The average molecular weight is 318 g/mol. The second-order valence-corrected chi connectivity index (χ2v) is 8.36. The topological polar surface area (TPSA) is 35.5 Å². The first kappa shape index (κ1) is 15.7. The second-order valence-electron chi connectivity index (χ2n) is 8.36. The maximum absolute atomic E-state index is 11.4. The lowest BCUT2D eigenvalue weighted by Gasteiger charge is -2.37. The molecule has 0 aromatic rings. The summed E-state index contributed by atoms with van der Waals surface area (Å²) in [4.78, 5) is 11.4. The van der Waals surface area contributed by atoms with Crippen LogP contribution in [0.5, 0.6) is 0 Å². The molecule has 0 aromatic carbocycles. The van der Waals surface area contributed by atoms with Gasteiger partial charge in [0.05, 0.1) is 0 Å². The highest BCUT2D eigenvalue weighted by atomic mass is 16.5. The zero-order chi connectivity index (χ0) is 16.0. The highest BCUT2D eigenvalue weighted by Crippen LogP contribution is 2.67. The van der Waals surface area contributed by atoms with E-state index in [2.05, 4.69) is 12.2 Å². The number of ether oxygens (including phenoxy) is 2. The van der Waals surface area contributed by atoms with Crippen molar-refractivity contribution in [2.45, 2.75) is 51.6 Å². The normalized spacial score (nSPS) is 43.8. The number of carbonyl (C=O) groups excluding carboxylic acids is 1. The molecule has 4 rings (SSSR count). The van der Waals surface area contributed by atoms with Crippen LogP contribution in [0.25, 0.3) is 0 Å². The third-order valence-electron chi connectivity index (χ3n) is 7.18. The summed E-state index contributed by atoms with van der Waals surface area (Å²) in [5.74, 6) is 6.20. The van der Waals surface area contributed by atoms with E-state index < -0.39 is 0 Å². The maximum atomic E-state index is 11.4. The van der Waals surface area contributed by atoms with Crippen LogP contribution in [0.3, 0.4) is 0 Å². The molecule has 8 unspecified atom stereocenters. The Morgan fingerprint density at radius 1 is 1.17 bits per heavy atom. The molecule has 23 heavy (non-hydrogen) atoms. The molecule has 3 nitrogen and oxygen atoms in total. The second kappa shape index (κ2) is 6.23. The van der Waals surface area contributed by atoms with Crippen molar-refractivity contribution < 1.29 is 14.3 Å². The van der Waals surface area contributed by atoms with Crippen molar-refractivity contribution in [3.63, 3.8) is 0 Å². The Morgan fingerprint density at radius 3 is 2.70 bits per heavy atom. The molecule has 0 aliphatic heterocycles. The van der Waals surface area contributed by atoms with E-state index in [9.17, 15) is 4.79 Å². The van der Waals surface area contributed by atoms with E-state index in [0.29, 0.717) is 0 Å². The molecule has 3 saturated carbocycles. The van der Waals surface area contributed by atoms with Gasteiger partial charge in [-0.15, -0.1) is 0 Å². The number of rotatable bonds is 7. The van der Waals surface area contributed by atoms with Crippen molar-refractivity contribution in [1.82, 2.24) is 0 Å². The molecule has 0 N–H and O–H groups in total. The van der Waals surface area contributed by atoms with E-state index in [4.69, 9.17) is 9.47 Å².